The van der Waals surface area contributed by atoms with Crippen molar-refractivity contribution in [3.63, 3.8) is 0 Å². The van der Waals surface area contributed by atoms with Crippen LogP contribution < -0.4 is 9.47 Å². The van der Waals surface area contributed by atoms with E-state index in [0.717, 1.165) is 41.9 Å². The Morgan fingerprint density at radius 3 is 1.61 bits per heavy atom. The summed E-state index contributed by atoms with van der Waals surface area (Å²) in [6, 6.07) is 14.4. The van der Waals surface area contributed by atoms with Crippen molar-refractivity contribution in [1.82, 2.24) is 5.01 Å². The third kappa shape index (κ3) is 3.03. The number of fused-ring (bicyclic) bond motifs is 2. The molecular weight excluding hydrogens is 356 g/mol. The van der Waals surface area contributed by atoms with Gasteiger partial charge in [0.05, 0.1) is 31.6 Å². The van der Waals surface area contributed by atoms with Crippen LogP contribution in [0.5, 0.6) is 11.5 Å². The second-order valence-corrected chi connectivity index (χ2v) is 7.44. The fourth-order valence-corrected chi connectivity index (χ4v) is 4.76. The van der Waals surface area contributed by atoms with Crippen LogP contribution in [-0.4, -0.2) is 25.0 Å². The number of Topliss-reactive ketones (excluding diaryl/α,β-unsaturated/α-hetero) is 1. The highest BCUT2D eigenvalue weighted by Crippen LogP contribution is 2.52. The molecule has 2 aromatic rings. The molecule has 146 valence electrons. The lowest BCUT2D eigenvalue weighted by Crippen LogP contribution is -2.50. The predicted molar refractivity (Wildman–Crippen MR) is 105 cm³/mol. The van der Waals surface area contributed by atoms with Gasteiger partial charge >= 0.3 is 0 Å². The molecule has 28 heavy (non-hydrogen) atoms. The minimum Gasteiger partial charge on any atom is -0.497 e. The number of methoxy groups -OCH3 is 2. The molecule has 2 bridgehead atoms. The molecule has 4 atom stereocenters. The van der Waals surface area contributed by atoms with E-state index in [1.54, 1.807) is 19.2 Å². The summed E-state index contributed by atoms with van der Waals surface area (Å²) in [5, 5.41) is 5.04. The number of hydrogen-bond acceptors (Lipinski definition) is 5. The summed E-state index contributed by atoms with van der Waals surface area (Å²) in [5.74, 6) is 1.31. The van der Waals surface area contributed by atoms with Crippen LogP contribution in [-0.2, 0) is 4.79 Å². The van der Waals surface area contributed by atoms with Gasteiger partial charge in [-0.1, -0.05) is 30.7 Å². The maximum Gasteiger partial charge on any atom is 0.143 e. The second-order valence-electron chi connectivity index (χ2n) is 7.44. The van der Waals surface area contributed by atoms with Gasteiger partial charge in [0.15, 0.2) is 0 Å². The predicted octanol–water partition coefficient (Wildman–Crippen LogP) is 4.47. The number of rotatable bonds is 5. The van der Waals surface area contributed by atoms with Crippen LogP contribution in [0, 0.1) is 16.7 Å². The Morgan fingerprint density at radius 2 is 1.25 bits per heavy atom. The zero-order valence-electron chi connectivity index (χ0n) is 16.1. The molecule has 1 saturated heterocycles. The number of nitroso groups, excluding NO2 is 1. The van der Waals surface area contributed by atoms with Gasteiger partial charge < -0.3 is 9.47 Å². The molecule has 1 heterocycles. The summed E-state index contributed by atoms with van der Waals surface area (Å²) in [7, 11) is 3.23. The van der Waals surface area contributed by atoms with Crippen molar-refractivity contribution >= 4 is 5.78 Å². The molecule has 2 aromatic carbocycles. The Bertz CT molecular complexity index is 784. The van der Waals surface area contributed by atoms with Crippen molar-refractivity contribution in [3.05, 3.63) is 64.6 Å². The number of nitrogens with zero attached hydrogens (tertiary/aromatic N) is 2. The largest absolute Gasteiger partial charge is 0.497 e. The molecule has 4 rings (SSSR count). The van der Waals surface area contributed by atoms with Gasteiger partial charge in [0.2, 0.25) is 0 Å². The number of benzene rings is 2. The van der Waals surface area contributed by atoms with Gasteiger partial charge in [0.1, 0.15) is 17.3 Å². The van der Waals surface area contributed by atoms with Gasteiger partial charge in [0, 0.05) is 11.8 Å². The summed E-state index contributed by atoms with van der Waals surface area (Å²) in [6.45, 7) is 0. The van der Waals surface area contributed by atoms with Crippen LogP contribution in [0.3, 0.4) is 0 Å². The van der Waals surface area contributed by atoms with Crippen molar-refractivity contribution in [2.45, 2.75) is 31.3 Å². The van der Waals surface area contributed by atoms with Gasteiger partial charge in [-0.05, 0) is 48.2 Å². The van der Waals surface area contributed by atoms with E-state index in [9.17, 15) is 9.70 Å². The maximum atomic E-state index is 13.3. The van der Waals surface area contributed by atoms with E-state index in [-0.39, 0.29) is 29.7 Å². The normalized spacial score (nSPS) is 26.6. The smallest absolute Gasteiger partial charge is 0.143 e. The van der Waals surface area contributed by atoms with E-state index in [1.165, 1.54) is 0 Å². The van der Waals surface area contributed by atoms with E-state index >= 15 is 0 Å². The van der Waals surface area contributed by atoms with Crippen LogP contribution in [0.2, 0.25) is 0 Å². The van der Waals surface area contributed by atoms with E-state index < -0.39 is 0 Å². The molecule has 6 nitrogen and oxygen atoms in total. The SMILES string of the molecule is COc1ccc([C@@H]2[C@@H]3CCC[C@@H](C3=O)[C@H](c3ccc(OC)cc3)N2N=O)cc1. The standard InChI is InChI=1S/C22H24N2O4/c1-27-16-10-6-14(7-11-16)20-18-4-3-5-19(22(18)25)21(24(20)23-26)15-8-12-17(28-2)13-9-15/h6-13,18-21H,3-5H2,1-2H3/t18-,19+,20+,21-. The Kier molecular flexibility index (Phi) is 5.03. The van der Waals surface area contributed by atoms with Crippen molar-refractivity contribution < 1.29 is 14.3 Å². The lowest BCUT2D eigenvalue weighted by Gasteiger charge is -2.49. The molecule has 0 radical (unpaired) electrons. The molecule has 0 amide bonds. The van der Waals surface area contributed by atoms with Gasteiger partial charge in [-0.3, -0.25) is 4.79 Å². The van der Waals surface area contributed by atoms with Crippen LogP contribution in [0.4, 0.5) is 0 Å². The van der Waals surface area contributed by atoms with Crippen LogP contribution in [0.15, 0.2) is 53.8 Å². The van der Waals surface area contributed by atoms with Gasteiger partial charge in [-0.2, -0.15) is 0 Å². The number of piperidine rings is 1. The Hall–Kier alpha value is -2.89. The van der Waals surface area contributed by atoms with Crippen LogP contribution in [0.1, 0.15) is 42.5 Å². The topological polar surface area (TPSA) is 68.2 Å². The Balaban J connectivity index is 1.78. The number of ketones is 1. The molecule has 1 aliphatic carbocycles. The molecule has 2 fully saturated rings. The van der Waals surface area contributed by atoms with Gasteiger partial charge in [-0.15, -0.1) is 4.91 Å². The maximum absolute atomic E-state index is 13.3. The third-order valence-corrected chi connectivity index (χ3v) is 6.10. The summed E-state index contributed by atoms with van der Waals surface area (Å²) in [4.78, 5) is 25.3. The first kappa shape index (κ1) is 18.5. The highest BCUT2D eigenvalue weighted by atomic mass is 16.5. The van der Waals surface area contributed by atoms with Crippen molar-refractivity contribution in [3.8, 4) is 11.5 Å². The summed E-state index contributed by atoms with van der Waals surface area (Å²) >= 11 is 0. The molecule has 2 aliphatic rings. The van der Waals surface area contributed by atoms with E-state index in [2.05, 4.69) is 5.29 Å². The Labute approximate surface area is 164 Å². The van der Waals surface area contributed by atoms with Gasteiger partial charge in [0.25, 0.3) is 0 Å². The highest BCUT2D eigenvalue weighted by Gasteiger charge is 2.51. The zero-order chi connectivity index (χ0) is 19.7. The van der Waals surface area contributed by atoms with Crippen molar-refractivity contribution in [2.75, 3.05) is 14.2 Å². The zero-order valence-corrected chi connectivity index (χ0v) is 16.1. The van der Waals surface area contributed by atoms with Crippen LogP contribution >= 0.6 is 0 Å². The Morgan fingerprint density at radius 1 is 0.821 bits per heavy atom. The second kappa shape index (κ2) is 7.62. The molecule has 1 saturated carbocycles. The first-order valence-electron chi connectivity index (χ1n) is 9.61. The lowest BCUT2D eigenvalue weighted by atomic mass is 9.67. The summed E-state index contributed by atoms with van der Waals surface area (Å²) in [6.07, 6.45) is 2.55. The molecule has 0 unspecified atom stereocenters. The molecule has 0 N–H and O–H groups in total. The number of carbonyl (C=O) groups excluding carboxylic acids is 1. The molecule has 0 aromatic heterocycles. The van der Waals surface area contributed by atoms with Crippen molar-refractivity contribution in [2.24, 2.45) is 17.1 Å². The summed E-state index contributed by atoms with van der Waals surface area (Å²) in [5.41, 5.74) is 1.83. The average Bonchev–Trinajstić information content (AvgIpc) is 2.74. The monoisotopic (exact) mass is 380 g/mol. The quantitative estimate of drug-likeness (QED) is 0.716. The fraction of sp³-hybridized carbons (Fsp3) is 0.409. The first-order valence-corrected chi connectivity index (χ1v) is 9.61. The van der Waals surface area contributed by atoms with E-state index in [1.807, 2.05) is 48.5 Å². The lowest BCUT2D eigenvalue weighted by molar-refractivity contribution is -0.144. The molecule has 6 heteroatoms. The first-order chi connectivity index (χ1) is 13.7. The minimum atomic E-state index is -0.362. The average molecular weight is 380 g/mol. The van der Waals surface area contributed by atoms with E-state index in [0.29, 0.717) is 0 Å². The summed E-state index contributed by atoms with van der Waals surface area (Å²) < 4.78 is 10.5. The molecular formula is C22H24N2O4. The van der Waals surface area contributed by atoms with Gasteiger partial charge in [-0.25, -0.2) is 5.01 Å². The van der Waals surface area contributed by atoms with Crippen molar-refractivity contribution in [1.29, 1.82) is 0 Å². The highest BCUT2D eigenvalue weighted by molar-refractivity contribution is 5.87. The minimum absolute atomic E-state index is 0.209. The number of hydrogen-bond donors (Lipinski definition) is 0. The molecule has 0 spiro atoms. The van der Waals surface area contributed by atoms with Crippen LogP contribution in [0.25, 0.3) is 0 Å². The molecule has 1 aliphatic heterocycles. The fourth-order valence-electron chi connectivity index (χ4n) is 4.76. The number of carbonyl (C=O) groups is 1. The third-order valence-electron chi connectivity index (χ3n) is 6.10. The number of ether oxygens (including phenoxy) is 2. The van der Waals surface area contributed by atoms with E-state index in [4.69, 9.17) is 9.47 Å².